The third-order valence-electron chi connectivity index (χ3n) is 2.64. The Labute approximate surface area is 90.2 Å². The van der Waals surface area contributed by atoms with Crippen LogP contribution in [-0.4, -0.2) is 48.9 Å². The smallest absolute Gasteiger partial charge is 0.407 e. The molecule has 1 amide bonds. The van der Waals surface area contributed by atoms with E-state index in [1.54, 1.807) is 0 Å². The monoisotopic (exact) mass is 216 g/mol. The van der Waals surface area contributed by atoms with Crippen LogP contribution in [0.15, 0.2) is 0 Å². The van der Waals surface area contributed by atoms with Gasteiger partial charge in [0.1, 0.15) is 0 Å². The highest BCUT2D eigenvalue weighted by Crippen LogP contribution is 2.16. The molecule has 0 saturated carbocycles. The Balaban J connectivity index is 2.15. The maximum Gasteiger partial charge on any atom is 0.407 e. The molecule has 1 atom stereocenters. The van der Waals surface area contributed by atoms with Crippen molar-refractivity contribution in [2.75, 3.05) is 32.8 Å². The van der Waals surface area contributed by atoms with E-state index in [4.69, 9.17) is 15.6 Å². The summed E-state index contributed by atoms with van der Waals surface area (Å²) >= 11 is 0. The number of amides is 1. The Bertz CT molecular complexity index is 199. The van der Waals surface area contributed by atoms with Gasteiger partial charge in [0, 0.05) is 25.6 Å². The van der Waals surface area contributed by atoms with Crippen molar-refractivity contribution < 1.29 is 14.6 Å². The van der Waals surface area contributed by atoms with Gasteiger partial charge in [-0.25, -0.2) is 4.79 Å². The molecule has 1 rings (SSSR count). The average molecular weight is 216 g/mol. The van der Waals surface area contributed by atoms with Crippen molar-refractivity contribution in [3.63, 3.8) is 0 Å². The lowest BCUT2D eigenvalue weighted by molar-refractivity contribution is 0.0589. The zero-order chi connectivity index (χ0) is 11.1. The number of hydrogen-bond donors (Lipinski definition) is 2. The van der Waals surface area contributed by atoms with Crippen LogP contribution in [0.1, 0.15) is 19.3 Å². The first-order chi connectivity index (χ1) is 7.24. The first kappa shape index (κ1) is 12.3. The van der Waals surface area contributed by atoms with Crippen molar-refractivity contribution in [1.29, 1.82) is 0 Å². The minimum absolute atomic E-state index is 0.354. The van der Waals surface area contributed by atoms with Crippen LogP contribution in [0.2, 0.25) is 0 Å². The van der Waals surface area contributed by atoms with Crippen molar-refractivity contribution in [3.8, 4) is 0 Å². The van der Waals surface area contributed by atoms with Crippen LogP contribution < -0.4 is 5.73 Å². The molecule has 5 nitrogen and oxygen atoms in total. The Kier molecular flexibility index (Phi) is 5.42. The largest absolute Gasteiger partial charge is 0.465 e. The summed E-state index contributed by atoms with van der Waals surface area (Å²) in [4.78, 5) is 12.2. The fourth-order valence-electron chi connectivity index (χ4n) is 1.81. The quantitative estimate of drug-likeness (QED) is 0.665. The number of carbonyl (C=O) groups is 1. The summed E-state index contributed by atoms with van der Waals surface area (Å²) in [5.41, 5.74) is 5.34. The number of carboxylic acid groups (broad SMARTS) is 1. The number of likely N-dealkylation sites (tertiary alicyclic amines) is 1. The van der Waals surface area contributed by atoms with E-state index in [-0.39, 0.29) is 0 Å². The van der Waals surface area contributed by atoms with E-state index in [9.17, 15) is 4.79 Å². The summed E-state index contributed by atoms with van der Waals surface area (Å²) in [6, 6.07) is 0. The number of rotatable bonds is 5. The summed E-state index contributed by atoms with van der Waals surface area (Å²) < 4.78 is 5.44. The SMILES string of the molecule is NCCCOCC1CCCN(C(=O)O)C1. The molecule has 0 aliphatic carbocycles. The lowest BCUT2D eigenvalue weighted by Gasteiger charge is -2.30. The molecular formula is C10H20N2O3. The number of piperidine rings is 1. The maximum atomic E-state index is 10.7. The van der Waals surface area contributed by atoms with Gasteiger partial charge in [0.25, 0.3) is 0 Å². The van der Waals surface area contributed by atoms with E-state index in [1.807, 2.05) is 0 Å². The Hall–Kier alpha value is -0.810. The normalized spacial score (nSPS) is 21.7. The number of hydrogen-bond acceptors (Lipinski definition) is 3. The maximum absolute atomic E-state index is 10.7. The van der Waals surface area contributed by atoms with Crippen molar-refractivity contribution >= 4 is 6.09 Å². The number of nitrogens with two attached hydrogens (primary N) is 1. The van der Waals surface area contributed by atoms with Crippen LogP contribution in [0.4, 0.5) is 4.79 Å². The molecule has 5 heteroatoms. The van der Waals surface area contributed by atoms with Gasteiger partial charge in [-0.1, -0.05) is 0 Å². The molecule has 0 aromatic rings. The predicted molar refractivity (Wildman–Crippen MR) is 56.8 cm³/mol. The minimum atomic E-state index is -0.818. The fraction of sp³-hybridized carbons (Fsp3) is 0.900. The predicted octanol–water partition coefficient (Wildman–Crippen LogP) is 0.742. The zero-order valence-corrected chi connectivity index (χ0v) is 9.02. The van der Waals surface area contributed by atoms with Crippen LogP contribution in [0.25, 0.3) is 0 Å². The van der Waals surface area contributed by atoms with E-state index in [1.165, 1.54) is 4.90 Å². The van der Waals surface area contributed by atoms with Gasteiger partial charge in [-0.2, -0.15) is 0 Å². The second-order valence-electron chi connectivity index (χ2n) is 3.95. The van der Waals surface area contributed by atoms with Gasteiger partial charge in [-0.15, -0.1) is 0 Å². The Morgan fingerprint density at radius 3 is 3.07 bits per heavy atom. The molecule has 0 aromatic carbocycles. The molecule has 1 aliphatic heterocycles. The Morgan fingerprint density at radius 1 is 1.60 bits per heavy atom. The molecular weight excluding hydrogens is 196 g/mol. The van der Waals surface area contributed by atoms with Crippen molar-refractivity contribution in [2.45, 2.75) is 19.3 Å². The van der Waals surface area contributed by atoms with Gasteiger partial charge in [0.05, 0.1) is 6.61 Å². The topological polar surface area (TPSA) is 75.8 Å². The molecule has 1 saturated heterocycles. The van der Waals surface area contributed by atoms with Gasteiger partial charge in [0.2, 0.25) is 0 Å². The first-order valence-corrected chi connectivity index (χ1v) is 5.49. The lowest BCUT2D eigenvalue weighted by atomic mass is 9.99. The highest BCUT2D eigenvalue weighted by Gasteiger charge is 2.22. The molecule has 0 spiro atoms. The summed E-state index contributed by atoms with van der Waals surface area (Å²) in [6.45, 7) is 3.25. The van der Waals surface area contributed by atoms with Gasteiger partial charge in [-0.05, 0) is 25.8 Å². The van der Waals surface area contributed by atoms with Crippen LogP contribution in [-0.2, 0) is 4.74 Å². The zero-order valence-electron chi connectivity index (χ0n) is 9.02. The minimum Gasteiger partial charge on any atom is -0.465 e. The molecule has 1 unspecified atom stereocenters. The lowest BCUT2D eigenvalue weighted by Crippen LogP contribution is -2.40. The standard InChI is InChI=1S/C10H20N2O3/c11-4-2-6-15-8-9-3-1-5-12(7-9)10(13)14/h9H,1-8,11H2,(H,13,14). The molecule has 0 bridgehead atoms. The van der Waals surface area contributed by atoms with E-state index >= 15 is 0 Å². The second-order valence-corrected chi connectivity index (χ2v) is 3.95. The second kappa shape index (κ2) is 6.63. The molecule has 88 valence electrons. The van der Waals surface area contributed by atoms with Gasteiger partial charge < -0.3 is 20.5 Å². The van der Waals surface area contributed by atoms with Gasteiger partial charge in [0.15, 0.2) is 0 Å². The average Bonchev–Trinajstić information content (AvgIpc) is 2.25. The Morgan fingerprint density at radius 2 is 2.40 bits per heavy atom. The fourth-order valence-corrected chi connectivity index (χ4v) is 1.81. The van der Waals surface area contributed by atoms with Gasteiger partial charge >= 0.3 is 6.09 Å². The molecule has 3 N–H and O–H groups in total. The van der Waals surface area contributed by atoms with Crippen molar-refractivity contribution in [3.05, 3.63) is 0 Å². The molecule has 1 aliphatic rings. The van der Waals surface area contributed by atoms with E-state index in [0.29, 0.717) is 38.8 Å². The highest BCUT2D eigenvalue weighted by atomic mass is 16.5. The highest BCUT2D eigenvalue weighted by molar-refractivity contribution is 5.65. The number of ether oxygens (including phenoxy) is 1. The first-order valence-electron chi connectivity index (χ1n) is 5.49. The van der Waals surface area contributed by atoms with E-state index in [0.717, 1.165) is 19.3 Å². The van der Waals surface area contributed by atoms with Crippen LogP contribution in [0.3, 0.4) is 0 Å². The van der Waals surface area contributed by atoms with Gasteiger partial charge in [-0.3, -0.25) is 0 Å². The van der Waals surface area contributed by atoms with E-state index in [2.05, 4.69) is 0 Å². The third kappa shape index (κ3) is 4.48. The number of nitrogens with zero attached hydrogens (tertiary/aromatic N) is 1. The molecule has 15 heavy (non-hydrogen) atoms. The summed E-state index contributed by atoms with van der Waals surface area (Å²) in [6.07, 6.45) is 2.06. The summed E-state index contributed by atoms with van der Waals surface area (Å²) in [5, 5.41) is 8.83. The summed E-state index contributed by atoms with van der Waals surface area (Å²) in [7, 11) is 0. The van der Waals surface area contributed by atoms with E-state index < -0.39 is 6.09 Å². The van der Waals surface area contributed by atoms with Crippen LogP contribution >= 0.6 is 0 Å². The van der Waals surface area contributed by atoms with Crippen molar-refractivity contribution in [2.24, 2.45) is 11.7 Å². The molecule has 1 heterocycles. The van der Waals surface area contributed by atoms with Crippen LogP contribution in [0, 0.1) is 5.92 Å². The summed E-state index contributed by atoms with van der Waals surface area (Å²) in [5.74, 6) is 0.354. The van der Waals surface area contributed by atoms with Crippen molar-refractivity contribution in [1.82, 2.24) is 4.90 Å². The molecule has 0 aromatic heterocycles. The molecule has 1 fully saturated rings. The third-order valence-corrected chi connectivity index (χ3v) is 2.64. The van der Waals surface area contributed by atoms with Crippen LogP contribution in [0.5, 0.6) is 0 Å². The molecule has 0 radical (unpaired) electrons.